The number of aryl methyl sites for hydroxylation is 2. The van der Waals surface area contributed by atoms with E-state index in [0.717, 1.165) is 34.7 Å². The Morgan fingerprint density at radius 2 is 2.00 bits per heavy atom. The van der Waals surface area contributed by atoms with Gasteiger partial charge in [-0.3, -0.25) is 4.98 Å². The van der Waals surface area contributed by atoms with Crippen molar-refractivity contribution in [3.8, 4) is 16.9 Å². The number of carbonyl (C=O) groups is 1. The second-order valence-corrected chi connectivity index (χ2v) is 6.23. The molecule has 5 nitrogen and oxygen atoms in total. The molecule has 2 aromatic rings. The van der Waals surface area contributed by atoms with Gasteiger partial charge in [-0.15, -0.1) is 0 Å². The average molecular weight is 340 g/mol. The quantitative estimate of drug-likeness (QED) is 0.797. The van der Waals surface area contributed by atoms with Gasteiger partial charge in [0.2, 0.25) is 6.10 Å². The van der Waals surface area contributed by atoms with Crippen molar-refractivity contribution in [3.63, 3.8) is 0 Å². The van der Waals surface area contributed by atoms with Crippen LogP contribution >= 0.6 is 0 Å². The number of carbonyl (C=O) groups excluding carboxylic acids is 1. The van der Waals surface area contributed by atoms with Crippen molar-refractivity contribution in [2.24, 2.45) is 0 Å². The summed E-state index contributed by atoms with van der Waals surface area (Å²) in [6, 6.07) is 6.11. The van der Waals surface area contributed by atoms with Crippen LogP contribution in [0, 0.1) is 13.8 Å². The lowest BCUT2D eigenvalue weighted by molar-refractivity contribution is -0.151. The summed E-state index contributed by atoms with van der Waals surface area (Å²) in [5.41, 5.74) is 5.62. The molecule has 0 N–H and O–H groups in total. The molecule has 132 valence electrons. The van der Waals surface area contributed by atoms with E-state index >= 15 is 0 Å². The summed E-state index contributed by atoms with van der Waals surface area (Å²) in [5.74, 6) is 0.413. The van der Waals surface area contributed by atoms with Crippen molar-refractivity contribution >= 4 is 11.7 Å². The molecule has 1 aromatic heterocycles. The second kappa shape index (κ2) is 7.13. The number of esters is 1. The standard InChI is InChI=1S/C20H24N2O3/c1-5-22-12-18(20(23)24-6-2)25-17-8-7-15(9-16(17)22)19-13(3)10-21-11-14(19)4/h7-11,18H,5-6,12H2,1-4H3. The third-order valence-corrected chi connectivity index (χ3v) is 4.50. The summed E-state index contributed by atoms with van der Waals surface area (Å²) >= 11 is 0. The zero-order valence-corrected chi connectivity index (χ0v) is 15.2. The summed E-state index contributed by atoms with van der Waals surface area (Å²) in [6.07, 6.45) is 3.18. The van der Waals surface area contributed by atoms with Crippen LogP contribution in [0.5, 0.6) is 5.75 Å². The SMILES string of the molecule is CCOC(=O)C1CN(CC)c2cc(-c3c(C)cncc3C)ccc2O1. The van der Waals surface area contributed by atoms with E-state index < -0.39 is 6.10 Å². The first-order valence-electron chi connectivity index (χ1n) is 8.69. The Bertz CT molecular complexity index is 768. The Kier molecular flexibility index (Phi) is 4.93. The van der Waals surface area contributed by atoms with Crippen LogP contribution in [-0.2, 0) is 9.53 Å². The fourth-order valence-electron chi connectivity index (χ4n) is 3.32. The maximum Gasteiger partial charge on any atom is 0.349 e. The van der Waals surface area contributed by atoms with Crippen molar-refractivity contribution in [1.82, 2.24) is 4.98 Å². The Morgan fingerprint density at radius 1 is 1.28 bits per heavy atom. The highest BCUT2D eigenvalue weighted by atomic mass is 16.6. The third-order valence-electron chi connectivity index (χ3n) is 4.50. The van der Waals surface area contributed by atoms with E-state index in [-0.39, 0.29) is 5.97 Å². The molecule has 3 rings (SSSR count). The number of rotatable bonds is 4. The molecule has 0 spiro atoms. The average Bonchev–Trinajstić information content (AvgIpc) is 2.60. The molecule has 5 heteroatoms. The predicted molar refractivity (Wildman–Crippen MR) is 98.1 cm³/mol. The Labute approximate surface area is 148 Å². The molecular formula is C20H24N2O3. The number of hydrogen-bond acceptors (Lipinski definition) is 5. The zero-order valence-electron chi connectivity index (χ0n) is 15.2. The number of ether oxygens (including phenoxy) is 2. The van der Waals surface area contributed by atoms with Crippen LogP contribution in [-0.4, -0.2) is 36.8 Å². The van der Waals surface area contributed by atoms with E-state index in [1.165, 1.54) is 5.56 Å². The molecule has 0 bridgehead atoms. The second-order valence-electron chi connectivity index (χ2n) is 6.23. The predicted octanol–water partition coefficient (Wildman–Crippen LogP) is 3.52. The van der Waals surface area contributed by atoms with Gasteiger partial charge in [0.25, 0.3) is 0 Å². The normalized spacial score (nSPS) is 16.2. The minimum absolute atomic E-state index is 0.309. The molecule has 25 heavy (non-hydrogen) atoms. The van der Waals surface area contributed by atoms with Crippen LogP contribution in [0.2, 0.25) is 0 Å². The van der Waals surface area contributed by atoms with Crippen LogP contribution in [0.25, 0.3) is 11.1 Å². The van der Waals surface area contributed by atoms with E-state index in [2.05, 4.69) is 36.7 Å². The molecule has 0 aliphatic carbocycles. The largest absolute Gasteiger partial charge is 0.475 e. The van der Waals surface area contributed by atoms with Crippen LogP contribution in [0.15, 0.2) is 30.6 Å². The highest BCUT2D eigenvalue weighted by Crippen LogP contribution is 2.38. The molecule has 1 aromatic carbocycles. The molecule has 0 fully saturated rings. The highest BCUT2D eigenvalue weighted by Gasteiger charge is 2.31. The number of likely N-dealkylation sites (N-methyl/N-ethyl adjacent to an activating group) is 1. The van der Waals surface area contributed by atoms with Crippen molar-refractivity contribution in [2.75, 3.05) is 24.6 Å². The lowest BCUT2D eigenvalue weighted by Crippen LogP contribution is -2.45. The van der Waals surface area contributed by atoms with Crippen molar-refractivity contribution in [3.05, 3.63) is 41.7 Å². The van der Waals surface area contributed by atoms with Crippen LogP contribution in [0.1, 0.15) is 25.0 Å². The van der Waals surface area contributed by atoms with Crippen molar-refractivity contribution in [2.45, 2.75) is 33.8 Å². The monoisotopic (exact) mass is 340 g/mol. The Morgan fingerprint density at radius 3 is 2.64 bits per heavy atom. The first-order valence-corrected chi connectivity index (χ1v) is 8.69. The number of aromatic nitrogens is 1. The van der Waals surface area contributed by atoms with E-state index in [4.69, 9.17) is 9.47 Å². The fourth-order valence-corrected chi connectivity index (χ4v) is 3.32. The van der Waals surface area contributed by atoms with Gasteiger partial charge in [0.1, 0.15) is 5.75 Å². The highest BCUT2D eigenvalue weighted by molar-refractivity contribution is 5.81. The van der Waals surface area contributed by atoms with Gasteiger partial charge < -0.3 is 14.4 Å². The number of anilines is 1. The summed E-state index contributed by atoms with van der Waals surface area (Å²) < 4.78 is 11.0. The number of nitrogens with zero attached hydrogens (tertiary/aromatic N) is 2. The topological polar surface area (TPSA) is 51.7 Å². The number of benzene rings is 1. The van der Waals surface area contributed by atoms with Crippen molar-refractivity contribution in [1.29, 1.82) is 0 Å². The number of hydrogen-bond donors (Lipinski definition) is 0. The smallest absolute Gasteiger partial charge is 0.349 e. The number of fused-ring (bicyclic) bond motifs is 1. The molecule has 0 radical (unpaired) electrons. The molecule has 1 unspecified atom stereocenters. The van der Waals surface area contributed by atoms with E-state index in [1.54, 1.807) is 6.92 Å². The summed E-state index contributed by atoms with van der Waals surface area (Å²) in [7, 11) is 0. The molecule has 1 aliphatic rings. The molecule has 2 heterocycles. The maximum atomic E-state index is 12.1. The molecule has 0 saturated carbocycles. The van der Waals surface area contributed by atoms with Crippen molar-refractivity contribution < 1.29 is 14.3 Å². The Balaban J connectivity index is 1.99. The van der Waals surface area contributed by atoms with Gasteiger partial charge in [0, 0.05) is 18.9 Å². The van der Waals surface area contributed by atoms with E-state index in [9.17, 15) is 4.79 Å². The zero-order chi connectivity index (χ0) is 18.0. The van der Waals surface area contributed by atoms with Crippen LogP contribution < -0.4 is 9.64 Å². The lowest BCUT2D eigenvalue weighted by Gasteiger charge is -2.35. The summed E-state index contributed by atoms with van der Waals surface area (Å²) in [4.78, 5) is 18.5. The van der Waals surface area contributed by atoms with E-state index in [1.807, 2.05) is 24.5 Å². The third kappa shape index (κ3) is 3.31. The van der Waals surface area contributed by atoms with Gasteiger partial charge >= 0.3 is 5.97 Å². The molecule has 1 atom stereocenters. The number of pyridine rings is 1. The van der Waals surface area contributed by atoms with Gasteiger partial charge in [-0.25, -0.2) is 4.79 Å². The summed E-state index contributed by atoms with van der Waals surface area (Å²) in [6.45, 7) is 9.67. The van der Waals surface area contributed by atoms with Crippen LogP contribution in [0.3, 0.4) is 0 Å². The fraction of sp³-hybridized carbons (Fsp3) is 0.400. The van der Waals surface area contributed by atoms with Gasteiger partial charge in [0.05, 0.1) is 18.8 Å². The maximum absolute atomic E-state index is 12.1. The minimum atomic E-state index is -0.581. The first-order chi connectivity index (χ1) is 12.0. The molecule has 0 saturated heterocycles. The van der Waals surface area contributed by atoms with E-state index in [0.29, 0.717) is 13.2 Å². The molecular weight excluding hydrogens is 316 g/mol. The molecule has 1 aliphatic heterocycles. The first kappa shape index (κ1) is 17.3. The Hall–Kier alpha value is -2.56. The summed E-state index contributed by atoms with van der Waals surface area (Å²) in [5, 5.41) is 0. The van der Waals surface area contributed by atoms with Crippen LogP contribution in [0.4, 0.5) is 5.69 Å². The van der Waals surface area contributed by atoms with Gasteiger partial charge in [-0.05, 0) is 62.1 Å². The lowest BCUT2D eigenvalue weighted by atomic mass is 9.97. The van der Waals surface area contributed by atoms with Gasteiger partial charge in [0.15, 0.2) is 0 Å². The minimum Gasteiger partial charge on any atom is -0.475 e. The van der Waals surface area contributed by atoms with Gasteiger partial charge in [-0.2, -0.15) is 0 Å². The van der Waals surface area contributed by atoms with Gasteiger partial charge in [-0.1, -0.05) is 6.07 Å². The molecule has 0 amide bonds.